The van der Waals surface area contributed by atoms with Gasteiger partial charge in [-0.1, -0.05) is 13.8 Å². The molecule has 0 aliphatic carbocycles. The summed E-state index contributed by atoms with van der Waals surface area (Å²) in [7, 11) is -1.89. The zero-order valence-corrected chi connectivity index (χ0v) is 15.0. The van der Waals surface area contributed by atoms with E-state index >= 15 is 0 Å². The highest BCUT2D eigenvalue weighted by Crippen LogP contribution is 2.18. The third kappa shape index (κ3) is 4.83. The quantitative estimate of drug-likeness (QED) is 0.762. The van der Waals surface area contributed by atoms with Crippen molar-refractivity contribution in [3.8, 4) is 5.75 Å². The molecule has 24 heavy (non-hydrogen) atoms. The van der Waals surface area contributed by atoms with Crippen LogP contribution in [0.15, 0.2) is 47.5 Å². The maximum Gasteiger partial charge on any atom is 0.240 e. The predicted molar refractivity (Wildman–Crippen MR) is 92.3 cm³/mol. The van der Waals surface area contributed by atoms with Gasteiger partial charge >= 0.3 is 0 Å². The molecule has 1 unspecified atom stereocenters. The second kappa shape index (κ2) is 7.83. The Labute approximate surface area is 143 Å². The number of aromatic nitrogens is 1. The van der Waals surface area contributed by atoms with Crippen molar-refractivity contribution in [1.82, 2.24) is 9.29 Å². The van der Waals surface area contributed by atoms with Crippen LogP contribution >= 0.6 is 0 Å². The van der Waals surface area contributed by atoms with Gasteiger partial charge in [0.1, 0.15) is 11.9 Å². The highest BCUT2D eigenvalue weighted by Gasteiger charge is 2.18. The fraction of sp³-hybridized carbons (Fsp3) is 0.412. The zero-order valence-electron chi connectivity index (χ0n) is 14.1. The van der Waals surface area contributed by atoms with E-state index in [1.807, 2.05) is 13.8 Å². The van der Waals surface area contributed by atoms with Gasteiger partial charge in [0.15, 0.2) is 0 Å². The van der Waals surface area contributed by atoms with Gasteiger partial charge in [-0.2, -0.15) is 0 Å². The molecular formula is C17H24N2O4S. The standard InChI is InChI=1S/C17H24N2O4S/c1-13(2)12-23-14-6-8-15(9-7-14)24(21,22)18-11-17(20)16-5-4-10-19(16)3/h4-10,13,17-18,20H,11-12H2,1-3H3. The number of aryl methyl sites for hydroxylation is 1. The number of hydrogen-bond donors (Lipinski definition) is 2. The summed E-state index contributed by atoms with van der Waals surface area (Å²) in [6, 6.07) is 9.79. The highest BCUT2D eigenvalue weighted by molar-refractivity contribution is 7.89. The topological polar surface area (TPSA) is 80.6 Å². The Bertz CT molecular complexity index is 751. The van der Waals surface area contributed by atoms with Crippen LogP contribution in [0.4, 0.5) is 0 Å². The van der Waals surface area contributed by atoms with Crippen molar-refractivity contribution in [1.29, 1.82) is 0 Å². The Morgan fingerprint density at radius 3 is 2.42 bits per heavy atom. The van der Waals surface area contributed by atoms with Crippen molar-refractivity contribution in [2.45, 2.75) is 24.8 Å². The summed E-state index contributed by atoms with van der Waals surface area (Å²) in [6.45, 7) is 4.57. The van der Waals surface area contributed by atoms with Crippen molar-refractivity contribution in [2.75, 3.05) is 13.2 Å². The molecule has 0 aliphatic rings. The van der Waals surface area contributed by atoms with Crippen molar-refractivity contribution >= 4 is 10.0 Å². The van der Waals surface area contributed by atoms with Gasteiger partial charge < -0.3 is 14.4 Å². The minimum absolute atomic E-state index is 0.0915. The van der Waals surface area contributed by atoms with Crippen LogP contribution in [0.3, 0.4) is 0 Å². The van der Waals surface area contributed by atoms with E-state index in [9.17, 15) is 13.5 Å². The number of nitrogens with one attached hydrogen (secondary N) is 1. The first-order valence-corrected chi connectivity index (χ1v) is 9.29. The molecule has 1 heterocycles. The van der Waals surface area contributed by atoms with E-state index in [1.54, 1.807) is 42.1 Å². The number of sulfonamides is 1. The Morgan fingerprint density at radius 1 is 1.21 bits per heavy atom. The average molecular weight is 352 g/mol. The predicted octanol–water partition coefficient (Wildman–Crippen LogP) is 2.07. The van der Waals surface area contributed by atoms with E-state index in [0.29, 0.717) is 24.0 Å². The van der Waals surface area contributed by atoms with E-state index in [1.165, 1.54) is 12.1 Å². The molecule has 132 valence electrons. The van der Waals surface area contributed by atoms with Crippen molar-refractivity contribution in [2.24, 2.45) is 13.0 Å². The molecule has 1 atom stereocenters. The summed E-state index contributed by atoms with van der Waals surface area (Å²) in [6.07, 6.45) is 0.886. The summed E-state index contributed by atoms with van der Waals surface area (Å²) in [4.78, 5) is 0.137. The lowest BCUT2D eigenvalue weighted by molar-refractivity contribution is 0.173. The Kier molecular flexibility index (Phi) is 6.04. The molecule has 2 N–H and O–H groups in total. The zero-order chi connectivity index (χ0) is 17.7. The largest absolute Gasteiger partial charge is 0.493 e. The van der Waals surface area contributed by atoms with Crippen LogP contribution in [-0.4, -0.2) is 31.2 Å². The number of nitrogens with zero attached hydrogens (tertiary/aromatic N) is 1. The van der Waals surface area contributed by atoms with Crippen molar-refractivity contribution < 1.29 is 18.3 Å². The number of aliphatic hydroxyl groups excluding tert-OH is 1. The summed E-state index contributed by atoms with van der Waals surface area (Å²) < 4.78 is 34.3. The smallest absolute Gasteiger partial charge is 0.240 e. The molecule has 0 aliphatic heterocycles. The highest BCUT2D eigenvalue weighted by atomic mass is 32.2. The van der Waals surface area contributed by atoms with Gasteiger partial charge in [-0.3, -0.25) is 0 Å². The molecule has 1 aromatic heterocycles. The lowest BCUT2D eigenvalue weighted by atomic mass is 10.2. The molecule has 0 spiro atoms. The summed E-state index contributed by atoms with van der Waals surface area (Å²) in [5, 5.41) is 10.1. The van der Waals surface area contributed by atoms with Gasteiger partial charge in [0, 0.05) is 25.5 Å². The molecule has 0 saturated heterocycles. The molecule has 6 nitrogen and oxygen atoms in total. The maximum absolute atomic E-state index is 12.3. The van der Waals surface area contributed by atoms with Crippen molar-refractivity contribution in [3.63, 3.8) is 0 Å². The number of aliphatic hydroxyl groups is 1. The number of rotatable bonds is 8. The number of hydrogen-bond acceptors (Lipinski definition) is 4. The van der Waals surface area contributed by atoms with Crippen LogP contribution in [0, 0.1) is 5.92 Å². The van der Waals surface area contributed by atoms with Gasteiger partial charge in [-0.15, -0.1) is 0 Å². The van der Waals surface area contributed by atoms with E-state index in [-0.39, 0.29) is 11.4 Å². The van der Waals surface area contributed by atoms with Gasteiger partial charge in [0.2, 0.25) is 10.0 Å². The van der Waals surface area contributed by atoms with Gasteiger partial charge in [-0.25, -0.2) is 13.1 Å². The van der Waals surface area contributed by atoms with Crippen LogP contribution in [0.25, 0.3) is 0 Å². The van der Waals surface area contributed by atoms with Gasteiger partial charge in [0.05, 0.1) is 11.5 Å². The second-order valence-corrected chi connectivity index (χ2v) is 7.85. The van der Waals surface area contributed by atoms with Crippen LogP contribution in [0.1, 0.15) is 25.6 Å². The van der Waals surface area contributed by atoms with E-state index in [0.717, 1.165) is 0 Å². The SMILES string of the molecule is CC(C)COc1ccc(S(=O)(=O)NCC(O)c2cccn2C)cc1. The minimum Gasteiger partial charge on any atom is -0.493 e. The molecule has 0 radical (unpaired) electrons. The monoisotopic (exact) mass is 352 g/mol. The Hall–Kier alpha value is -1.83. The van der Waals surface area contributed by atoms with Gasteiger partial charge in [-0.05, 0) is 42.3 Å². The van der Waals surface area contributed by atoms with E-state index in [4.69, 9.17) is 4.74 Å². The Balaban J connectivity index is 1.98. The molecular weight excluding hydrogens is 328 g/mol. The molecule has 2 rings (SSSR count). The number of benzene rings is 1. The van der Waals surface area contributed by atoms with Gasteiger partial charge in [0.25, 0.3) is 0 Å². The normalized spacial score (nSPS) is 13.2. The van der Waals surface area contributed by atoms with Crippen LogP contribution in [0.5, 0.6) is 5.75 Å². The number of ether oxygens (including phenoxy) is 1. The maximum atomic E-state index is 12.3. The molecule has 0 amide bonds. The summed E-state index contributed by atoms with van der Waals surface area (Å²) >= 11 is 0. The third-order valence-corrected chi connectivity index (χ3v) is 4.95. The third-order valence-electron chi connectivity index (χ3n) is 3.51. The van der Waals surface area contributed by atoms with E-state index < -0.39 is 16.1 Å². The Morgan fingerprint density at radius 2 is 1.88 bits per heavy atom. The molecule has 0 bridgehead atoms. The molecule has 0 saturated carbocycles. The fourth-order valence-corrected chi connectivity index (χ4v) is 3.21. The molecule has 7 heteroatoms. The fourth-order valence-electron chi connectivity index (χ4n) is 2.17. The lowest BCUT2D eigenvalue weighted by Gasteiger charge is -2.14. The molecule has 0 fully saturated rings. The molecule has 1 aromatic carbocycles. The minimum atomic E-state index is -3.68. The lowest BCUT2D eigenvalue weighted by Crippen LogP contribution is -2.29. The van der Waals surface area contributed by atoms with Crippen LogP contribution in [0.2, 0.25) is 0 Å². The van der Waals surface area contributed by atoms with E-state index in [2.05, 4.69) is 4.72 Å². The first kappa shape index (κ1) is 18.5. The first-order valence-electron chi connectivity index (χ1n) is 7.81. The van der Waals surface area contributed by atoms with Crippen LogP contribution < -0.4 is 9.46 Å². The average Bonchev–Trinajstić information content (AvgIpc) is 2.97. The van der Waals surface area contributed by atoms with Crippen LogP contribution in [-0.2, 0) is 17.1 Å². The second-order valence-electron chi connectivity index (χ2n) is 6.09. The van der Waals surface area contributed by atoms with Crippen molar-refractivity contribution in [3.05, 3.63) is 48.3 Å². The molecule has 2 aromatic rings. The summed E-state index contributed by atoms with van der Waals surface area (Å²) in [5.41, 5.74) is 0.648. The summed E-state index contributed by atoms with van der Waals surface area (Å²) in [5.74, 6) is 1.03. The first-order chi connectivity index (χ1) is 11.3.